The molecule has 6 N–H and O–H groups in total. The number of hydrogen-bond donors (Lipinski definition) is 6. The van der Waals surface area contributed by atoms with E-state index in [4.69, 9.17) is 18.9 Å². The van der Waals surface area contributed by atoms with Crippen LogP contribution in [0.4, 0.5) is 0 Å². The minimum absolute atomic E-state index is 0.426. The predicted molar refractivity (Wildman–Crippen MR) is 90.4 cm³/mol. The number of aliphatic hydroxyl groups is 6. The second-order valence-electron chi connectivity index (χ2n) is 7.96. The van der Waals surface area contributed by atoms with E-state index in [0.29, 0.717) is 6.42 Å². The molecule has 2 aliphatic rings. The van der Waals surface area contributed by atoms with Crippen LogP contribution >= 0.6 is 0 Å². The summed E-state index contributed by atoms with van der Waals surface area (Å²) in [7, 11) is 0. The van der Waals surface area contributed by atoms with E-state index in [2.05, 4.69) is 0 Å². The molecule has 0 bridgehead atoms. The van der Waals surface area contributed by atoms with Crippen molar-refractivity contribution in [2.45, 2.75) is 101 Å². The first-order valence-corrected chi connectivity index (χ1v) is 9.15. The van der Waals surface area contributed by atoms with Crippen molar-refractivity contribution in [2.24, 2.45) is 0 Å². The molecule has 0 saturated carbocycles. The lowest BCUT2D eigenvalue weighted by molar-refractivity contribution is -0.374. The molecule has 0 amide bonds. The third-order valence-corrected chi connectivity index (χ3v) is 4.66. The Kier molecular flexibility index (Phi) is 7.59. The summed E-state index contributed by atoms with van der Waals surface area (Å²) in [6, 6.07) is 0. The largest absolute Gasteiger partial charge is 0.394 e. The fourth-order valence-electron chi connectivity index (χ4n) is 3.17. The van der Waals surface area contributed by atoms with E-state index in [1.54, 1.807) is 27.7 Å². The third-order valence-electron chi connectivity index (χ3n) is 4.66. The van der Waals surface area contributed by atoms with Crippen LogP contribution in [0.15, 0.2) is 0 Å². The lowest BCUT2D eigenvalue weighted by Crippen LogP contribution is -2.64. The molecule has 2 aliphatic heterocycles. The number of hydrogen-bond acceptors (Lipinski definition) is 10. The van der Waals surface area contributed by atoms with Crippen LogP contribution in [-0.2, 0) is 18.9 Å². The minimum atomic E-state index is -1.65. The Hall–Kier alpha value is -0.400. The van der Waals surface area contributed by atoms with E-state index < -0.39 is 73.6 Å². The van der Waals surface area contributed by atoms with Gasteiger partial charge in [0, 0.05) is 0 Å². The van der Waals surface area contributed by atoms with Crippen LogP contribution < -0.4 is 0 Å². The average Bonchev–Trinajstić information content (AvgIpc) is 2.59. The summed E-state index contributed by atoms with van der Waals surface area (Å²) in [5, 5.41) is 60.0. The first-order valence-electron chi connectivity index (χ1n) is 9.15. The van der Waals surface area contributed by atoms with E-state index in [1.165, 1.54) is 0 Å². The van der Waals surface area contributed by atoms with Gasteiger partial charge in [-0.25, -0.2) is 0 Å². The molecule has 10 atom stereocenters. The van der Waals surface area contributed by atoms with Crippen molar-refractivity contribution in [3.8, 4) is 0 Å². The maximum atomic E-state index is 10.5. The first-order chi connectivity index (χ1) is 12.5. The number of ether oxygens (including phenoxy) is 4. The summed E-state index contributed by atoms with van der Waals surface area (Å²) < 4.78 is 22.5. The standard InChI is InChI=1S/C17H32O10/c1-5-7-9(19)12(22)14(16(24-7)27-17(2,3)4)26-15-13(23)11(21)10(20)8(6-18)25-15/h7-16,18-23H,5-6H2,1-4H3/t7-,8-,9-,10-,11+,12+,13-,14-,15+,16+/m1/s1. The zero-order chi connectivity index (χ0) is 20.5. The topological polar surface area (TPSA) is 158 Å². The Balaban J connectivity index is 2.21. The third kappa shape index (κ3) is 5.15. The molecule has 2 heterocycles. The highest BCUT2D eigenvalue weighted by molar-refractivity contribution is 4.94. The van der Waals surface area contributed by atoms with Crippen LogP contribution in [0.3, 0.4) is 0 Å². The number of rotatable bonds is 5. The number of aliphatic hydroxyl groups excluding tert-OH is 6. The Bertz CT molecular complexity index is 467. The summed E-state index contributed by atoms with van der Waals surface area (Å²) in [5.74, 6) is 0. The molecule has 10 heteroatoms. The van der Waals surface area contributed by atoms with Gasteiger partial charge in [-0.15, -0.1) is 0 Å². The van der Waals surface area contributed by atoms with Crippen LogP contribution in [0.2, 0.25) is 0 Å². The van der Waals surface area contributed by atoms with Gasteiger partial charge in [0.05, 0.1) is 18.3 Å². The van der Waals surface area contributed by atoms with Gasteiger partial charge in [0.15, 0.2) is 12.6 Å². The van der Waals surface area contributed by atoms with E-state index >= 15 is 0 Å². The Morgan fingerprint density at radius 3 is 1.85 bits per heavy atom. The van der Waals surface area contributed by atoms with E-state index in [9.17, 15) is 30.6 Å². The monoisotopic (exact) mass is 396 g/mol. The lowest BCUT2D eigenvalue weighted by Gasteiger charge is -2.47. The van der Waals surface area contributed by atoms with Crippen molar-refractivity contribution < 1.29 is 49.6 Å². The van der Waals surface area contributed by atoms with Gasteiger partial charge < -0.3 is 49.6 Å². The molecule has 0 spiro atoms. The average molecular weight is 396 g/mol. The van der Waals surface area contributed by atoms with Gasteiger partial charge in [0.25, 0.3) is 0 Å². The Morgan fingerprint density at radius 2 is 1.33 bits per heavy atom. The van der Waals surface area contributed by atoms with Crippen molar-refractivity contribution in [1.82, 2.24) is 0 Å². The van der Waals surface area contributed by atoms with Gasteiger partial charge in [-0.2, -0.15) is 0 Å². The van der Waals surface area contributed by atoms with E-state index in [1.807, 2.05) is 0 Å². The normalized spacial score (nSPS) is 46.4. The van der Waals surface area contributed by atoms with E-state index in [-0.39, 0.29) is 0 Å². The molecular formula is C17H32O10. The second kappa shape index (κ2) is 8.95. The van der Waals surface area contributed by atoms with Crippen LogP contribution in [0.1, 0.15) is 34.1 Å². The predicted octanol–water partition coefficient (Wildman–Crippen LogP) is -2.16. The van der Waals surface area contributed by atoms with E-state index in [0.717, 1.165) is 0 Å². The molecule has 27 heavy (non-hydrogen) atoms. The maximum absolute atomic E-state index is 10.5. The minimum Gasteiger partial charge on any atom is -0.394 e. The maximum Gasteiger partial charge on any atom is 0.187 e. The summed E-state index contributed by atoms with van der Waals surface area (Å²) in [5.41, 5.74) is -0.665. The fourth-order valence-corrected chi connectivity index (χ4v) is 3.17. The van der Waals surface area contributed by atoms with Gasteiger partial charge in [-0.05, 0) is 27.2 Å². The molecule has 0 aromatic carbocycles. The molecule has 0 radical (unpaired) electrons. The van der Waals surface area contributed by atoms with Crippen molar-refractivity contribution in [2.75, 3.05) is 6.61 Å². The summed E-state index contributed by atoms with van der Waals surface area (Å²) in [6.07, 6.45) is -12.7. The molecular weight excluding hydrogens is 364 g/mol. The molecule has 0 aromatic rings. The summed E-state index contributed by atoms with van der Waals surface area (Å²) >= 11 is 0. The van der Waals surface area contributed by atoms with Gasteiger partial charge >= 0.3 is 0 Å². The summed E-state index contributed by atoms with van der Waals surface area (Å²) in [6.45, 7) is 6.50. The van der Waals surface area contributed by atoms with Crippen LogP contribution in [-0.4, -0.2) is 104 Å². The molecule has 0 unspecified atom stereocenters. The van der Waals surface area contributed by atoms with Gasteiger partial charge in [-0.3, -0.25) is 0 Å². The highest BCUT2D eigenvalue weighted by Crippen LogP contribution is 2.32. The highest BCUT2D eigenvalue weighted by atomic mass is 16.8. The van der Waals surface area contributed by atoms with Gasteiger partial charge in [-0.1, -0.05) is 6.92 Å². The van der Waals surface area contributed by atoms with Crippen LogP contribution in [0.5, 0.6) is 0 Å². The smallest absolute Gasteiger partial charge is 0.187 e. The first kappa shape index (κ1) is 22.9. The Morgan fingerprint density at radius 1 is 0.778 bits per heavy atom. The van der Waals surface area contributed by atoms with Gasteiger partial charge in [0.1, 0.15) is 42.7 Å². The zero-order valence-corrected chi connectivity index (χ0v) is 16.0. The van der Waals surface area contributed by atoms with Crippen molar-refractivity contribution >= 4 is 0 Å². The van der Waals surface area contributed by atoms with Crippen LogP contribution in [0, 0.1) is 0 Å². The molecule has 2 rings (SSSR count). The molecule has 0 aliphatic carbocycles. The zero-order valence-electron chi connectivity index (χ0n) is 16.0. The quantitative estimate of drug-likeness (QED) is 0.302. The molecule has 2 saturated heterocycles. The Labute approximate surface area is 158 Å². The van der Waals surface area contributed by atoms with Crippen molar-refractivity contribution in [3.05, 3.63) is 0 Å². The molecule has 10 nitrogen and oxygen atoms in total. The summed E-state index contributed by atoms with van der Waals surface area (Å²) in [4.78, 5) is 0. The van der Waals surface area contributed by atoms with Crippen LogP contribution in [0.25, 0.3) is 0 Å². The van der Waals surface area contributed by atoms with Crippen molar-refractivity contribution in [1.29, 1.82) is 0 Å². The molecule has 0 aromatic heterocycles. The van der Waals surface area contributed by atoms with Crippen molar-refractivity contribution in [3.63, 3.8) is 0 Å². The fraction of sp³-hybridized carbons (Fsp3) is 1.00. The van der Waals surface area contributed by atoms with Gasteiger partial charge in [0.2, 0.25) is 0 Å². The highest BCUT2D eigenvalue weighted by Gasteiger charge is 2.51. The lowest BCUT2D eigenvalue weighted by atomic mass is 9.96. The SMILES string of the molecule is CC[C@H]1O[C@@H](OC(C)(C)C)[C@H](O[C@@H]2O[C@H](CO)[C@@H](O)[C@H](O)[C@H]2O)[C@@H](O)[C@@H]1O. The molecule has 160 valence electrons. The molecule has 2 fully saturated rings. The second-order valence-corrected chi connectivity index (χ2v) is 7.96.